The number of ether oxygens (including phenoxy) is 2. The summed E-state index contributed by atoms with van der Waals surface area (Å²) in [6, 6.07) is 0. The summed E-state index contributed by atoms with van der Waals surface area (Å²) >= 11 is 0. The molecule has 0 atom stereocenters. The molecule has 0 aromatic carbocycles. The Morgan fingerprint density at radius 1 is 0.212 bits per heavy atom. The average Bonchev–Trinajstić information content (AvgIpc) is 3.45. The van der Waals surface area contributed by atoms with Gasteiger partial charge in [-0.1, -0.05) is 337 Å². The van der Waals surface area contributed by atoms with Crippen LogP contribution in [0.4, 0.5) is 0 Å². The third kappa shape index (κ3) is 67.1. The van der Waals surface area contributed by atoms with Crippen LogP contribution < -0.4 is 0 Å². The van der Waals surface area contributed by atoms with Crippen molar-refractivity contribution in [3.8, 4) is 0 Å². The second-order valence-corrected chi connectivity index (χ2v) is 25.3. The molecule has 80 heavy (non-hydrogen) atoms. The van der Waals surface area contributed by atoms with E-state index in [9.17, 15) is 19.2 Å². The Morgan fingerprint density at radius 2 is 0.388 bits per heavy atom. The van der Waals surface area contributed by atoms with Crippen molar-refractivity contribution in [3.05, 3.63) is 0 Å². The van der Waals surface area contributed by atoms with E-state index in [1.807, 2.05) is 0 Å². The smallest absolute Gasteiger partial charge is 0.305 e. The van der Waals surface area contributed by atoms with Gasteiger partial charge in [0.05, 0.1) is 13.2 Å². The lowest BCUT2D eigenvalue weighted by Gasteiger charge is -2.17. The molecule has 0 heterocycles. The summed E-state index contributed by atoms with van der Waals surface area (Å²) in [7, 11) is 0. The van der Waals surface area contributed by atoms with Crippen LogP contribution in [0.15, 0.2) is 0 Å². The second-order valence-electron chi connectivity index (χ2n) is 25.3. The van der Waals surface area contributed by atoms with Gasteiger partial charge in [-0.05, 0) is 63.2 Å². The molecule has 0 spiro atoms. The number of unbranched alkanes of at least 4 members (excludes halogenated alkanes) is 40. The Labute approximate surface area is 501 Å². The summed E-state index contributed by atoms with van der Waals surface area (Å²) in [5.41, 5.74) is 0. The van der Waals surface area contributed by atoms with Crippen LogP contribution >= 0.6 is 0 Å². The highest BCUT2D eigenvalue weighted by molar-refractivity contribution is 5.78. The minimum absolute atomic E-state index is 0.0381. The van der Waals surface area contributed by atoms with Crippen LogP contribution in [0.2, 0.25) is 0 Å². The van der Waals surface area contributed by atoms with Crippen LogP contribution in [0.25, 0.3) is 0 Å². The predicted molar refractivity (Wildman–Crippen MR) is 350 cm³/mol. The number of carbonyl (C=O) groups excluding carboxylic acids is 4. The summed E-state index contributed by atoms with van der Waals surface area (Å²) in [5.74, 6) is 2.14. The monoisotopic (exact) mass is 1130 g/mol. The molecular weight excluding hydrogens is 985 g/mol. The van der Waals surface area contributed by atoms with Gasteiger partial charge in [0.2, 0.25) is 0 Å². The maximum Gasteiger partial charge on any atom is 0.305 e. The number of ketones is 2. The Bertz CT molecular complexity index is 1210. The van der Waals surface area contributed by atoms with Gasteiger partial charge >= 0.3 is 11.9 Å². The van der Waals surface area contributed by atoms with Crippen LogP contribution in [0.3, 0.4) is 0 Å². The highest BCUT2D eigenvalue weighted by atomic mass is 16.5. The molecule has 0 radical (unpaired) electrons. The molecule has 0 aromatic rings. The van der Waals surface area contributed by atoms with Crippen LogP contribution in [0.5, 0.6) is 0 Å². The van der Waals surface area contributed by atoms with E-state index in [2.05, 4.69) is 41.5 Å². The number of esters is 2. The van der Waals surface area contributed by atoms with Gasteiger partial charge in [-0.2, -0.15) is 0 Å². The predicted octanol–water partition coefficient (Wildman–Crippen LogP) is 25.0. The summed E-state index contributed by atoms with van der Waals surface area (Å²) in [6.07, 6.45) is 72.6. The van der Waals surface area contributed by atoms with Crippen LogP contribution in [-0.2, 0) is 28.7 Å². The SMILES string of the molecule is CCCCCCCCC(CCCCCCCC)CCOC(=O)CCCCCC(=O)CCCCCCC.CCCCCCCCCCCCC(CCCCCCCCCCCC)CCOC(=O)CCCCCC(=O)CCCCCCC. The average molecular weight is 1130 g/mol. The van der Waals surface area contributed by atoms with Crippen molar-refractivity contribution < 1.29 is 28.7 Å². The molecule has 0 fully saturated rings. The van der Waals surface area contributed by atoms with E-state index in [0.29, 0.717) is 62.3 Å². The minimum atomic E-state index is -0.0462. The standard InChI is InChI=1S/C41H80O3.C33H64O3/c1-4-7-10-13-15-17-19-21-24-27-32-39(33-28-25-22-20-18-16-14-11-8-5-2)37-38-44-41(43)36-31-26-30-35-40(42)34-29-23-12-9-6-3;1-4-7-10-13-16-19-24-31(25-20-17-14-11-8-5-2)29-30-36-33(35)28-23-18-22-27-32(34)26-21-15-12-9-6-3/h39H,4-38H2,1-3H3;31H,4-30H2,1-3H3. The zero-order valence-corrected chi connectivity index (χ0v) is 55.4. The molecule has 0 aliphatic heterocycles. The maximum atomic E-state index is 12.3. The number of carbonyl (C=O) groups is 4. The first kappa shape index (κ1) is 80.3. The number of hydrogen-bond acceptors (Lipinski definition) is 6. The fourth-order valence-electron chi connectivity index (χ4n) is 11.6. The molecule has 0 aromatic heterocycles. The Balaban J connectivity index is 0. The van der Waals surface area contributed by atoms with Crippen molar-refractivity contribution in [2.24, 2.45) is 11.8 Å². The van der Waals surface area contributed by atoms with Gasteiger partial charge in [-0.25, -0.2) is 0 Å². The highest BCUT2D eigenvalue weighted by Crippen LogP contribution is 2.25. The molecule has 6 heteroatoms. The molecular formula is C74H144O6. The molecule has 0 unspecified atom stereocenters. The Kier molecular flexibility index (Phi) is 70.1. The largest absolute Gasteiger partial charge is 0.466 e. The third-order valence-electron chi connectivity index (χ3n) is 17.2. The lowest BCUT2D eigenvalue weighted by atomic mass is 9.91. The molecule has 0 bridgehead atoms. The van der Waals surface area contributed by atoms with E-state index in [-0.39, 0.29) is 11.9 Å². The fraction of sp³-hybridized carbons (Fsp3) is 0.946. The van der Waals surface area contributed by atoms with E-state index in [4.69, 9.17) is 9.47 Å². The topological polar surface area (TPSA) is 86.7 Å². The molecule has 0 N–H and O–H groups in total. The van der Waals surface area contributed by atoms with Crippen LogP contribution in [0, 0.1) is 11.8 Å². The number of Topliss-reactive ketones (excluding diaryl/α,β-unsaturated/α-hetero) is 2. The number of rotatable bonds is 66. The molecule has 0 saturated heterocycles. The van der Waals surface area contributed by atoms with E-state index < -0.39 is 0 Å². The van der Waals surface area contributed by atoms with Gasteiger partial charge in [0.1, 0.15) is 11.6 Å². The van der Waals surface area contributed by atoms with Crippen molar-refractivity contribution in [2.75, 3.05) is 13.2 Å². The lowest BCUT2D eigenvalue weighted by Crippen LogP contribution is -2.10. The third-order valence-corrected chi connectivity index (χ3v) is 17.2. The van der Waals surface area contributed by atoms with Crippen molar-refractivity contribution in [1.29, 1.82) is 0 Å². The molecule has 0 rings (SSSR count). The first-order valence-electron chi connectivity index (χ1n) is 36.6. The van der Waals surface area contributed by atoms with E-state index >= 15 is 0 Å². The Morgan fingerprint density at radius 3 is 0.613 bits per heavy atom. The van der Waals surface area contributed by atoms with Gasteiger partial charge in [-0.15, -0.1) is 0 Å². The van der Waals surface area contributed by atoms with E-state index in [1.54, 1.807) is 0 Å². The molecule has 6 nitrogen and oxygen atoms in total. The van der Waals surface area contributed by atoms with Gasteiger partial charge in [0.25, 0.3) is 0 Å². The summed E-state index contributed by atoms with van der Waals surface area (Å²) in [4.78, 5) is 48.6. The Hall–Kier alpha value is -1.72. The molecule has 476 valence electrons. The van der Waals surface area contributed by atoms with Gasteiger partial charge in [0.15, 0.2) is 0 Å². The van der Waals surface area contributed by atoms with Crippen molar-refractivity contribution >= 4 is 23.5 Å². The van der Waals surface area contributed by atoms with Crippen molar-refractivity contribution in [2.45, 2.75) is 427 Å². The minimum Gasteiger partial charge on any atom is -0.466 e. The maximum absolute atomic E-state index is 12.3. The second kappa shape index (κ2) is 69.8. The first-order valence-corrected chi connectivity index (χ1v) is 36.6. The van der Waals surface area contributed by atoms with Crippen LogP contribution in [0.1, 0.15) is 427 Å². The fourth-order valence-corrected chi connectivity index (χ4v) is 11.6. The summed E-state index contributed by atoms with van der Waals surface area (Å²) < 4.78 is 11.3. The lowest BCUT2D eigenvalue weighted by molar-refractivity contribution is -0.145. The zero-order valence-electron chi connectivity index (χ0n) is 55.4. The van der Waals surface area contributed by atoms with Crippen LogP contribution in [-0.4, -0.2) is 36.7 Å². The van der Waals surface area contributed by atoms with E-state index in [1.165, 1.54) is 283 Å². The van der Waals surface area contributed by atoms with E-state index in [0.717, 1.165) is 77.0 Å². The normalized spacial score (nSPS) is 11.4. The quantitative estimate of drug-likeness (QED) is 0.0445. The molecule has 0 aliphatic carbocycles. The summed E-state index contributed by atoms with van der Waals surface area (Å²) in [6.45, 7) is 14.7. The molecule has 0 aliphatic rings. The number of hydrogen-bond donors (Lipinski definition) is 0. The van der Waals surface area contributed by atoms with Gasteiger partial charge in [-0.3, -0.25) is 19.2 Å². The highest BCUT2D eigenvalue weighted by Gasteiger charge is 2.14. The zero-order chi connectivity index (χ0) is 58.7. The first-order chi connectivity index (χ1) is 39.3. The van der Waals surface area contributed by atoms with Gasteiger partial charge < -0.3 is 9.47 Å². The molecule has 0 saturated carbocycles. The molecule has 0 amide bonds. The van der Waals surface area contributed by atoms with Gasteiger partial charge in [0, 0.05) is 38.5 Å². The van der Waals surface area contributed by atoms with Crippen molar-refractivity contribution in [1.82, 2.24) is 0 Å². The van der Waals surface area contributed by atoms with Crippen molar-refractivity contribution in [3.63, 3.8) is 0 Å². The summed E-state index contributed by atoms with van der Waals surface area (Å²) in [5, 5.41) is 0.